The Balaban J connectivity index is 4.45. The highest BCUT2D eigenvalue weighted by atomic mass is 16.6. The zero-order chi connectivity index (χ0) is 21.0. The first-order chi connectivity index (χ1) is 13.6. The molecule has 2 unspecified atom stereocenters. The number of hydrogen-bond donors (Lipinski definition) is 0. The number of unbranched alkanes of at least 4 members (excludes halogenated alkanes) is 8. The van der Waals surface area contributed by atoms with E-state index < -0.39 is 0 Å². The Morgan fingerprint density at radius 1 is 0.536 bits per heavy atom. The molecule has 2 atom stereocenters. The van der Waals surface area contributed by atoms with Crippen LogP contribution in [0.15, 0.2) is 0 Å². The van der Waals surface area contributed by atoms with Crippen molar-refractivity contribution >= 4 is 11.9 Å². The topological polar surface area (TPSA) is 52.6 Å². The van der Waals surface area contributed by atoms with Crippen LogP contribution in [-0.4, -0.2) is 24.1 Å². The lowest BCUT2D eigenvalue weighted by Gasteiger charge is -2.27. The fourth-order valence-corrected chi connectivity index (χ4v) is 3.41. The summed E-state index contributed by atoms with van der Waals surface area (Å²) in [6.07, 6.45) is 14.7. The lowest BCUT2D eigenvalue weighted by atomic mass is 10.0. The lowest BCUT2D eigenvalue weighted by Crippen LogP contribution is -2.35. The van der Waals surface area contributed by atoms with Crippen molar-refractivity contribution in [2.45, 2.75) is 143 Å². The van der Waals surface area contributed by atoms with Gasteiger partial charge in [-0.2, -0.15) is 0 Å². The summed E-state index contributed by atoms with van der Waals surface area (Å²) < 4.78 is 11.5. The maximum atomic E-state index is 12.3. The Morgan fingerprint density at radius 3 is 1.21 bits per heavy atom. The van der Waals surface area contributed by atoms with Crippen LogP contribution in [0.5, 0.6) is 0 Å². The highest BCUT2D eigenvalue weighted by Crippen LogP contribution is 2.19. The van der Waals surface area contributed by atoms with Gasteiger partial charge in [0.1, 0.15) is 12.2 Å². The average molecular weight is 399 g/mol. The van der Waals surface area contributed by atoms with Crippen LogP contribution in [0.4, 0.5) is 0 Å². The van der Waals surface area contributed by atoms with Crippen LogP contribution in [0.3, 0.4) is 0 Å². The van der Waals surface area contributed by atoms with Gasteiger partial charge in [-0.25, -0.2) is 0 Å². The summed E-state index contributed by atoms with van der Waals surface area (Å²) in [6, 6.07) is 0. The van der Waals surface area contributed by atoms with E-state index in [-0.39, 0.29) is 24.1 Å². The van der Waals surface area contributed by atoms with Crippen molar-refractivity contribution in [3.05, 3.63) is 0 Å². The molecule has 0 amide bonds. The zero-order valence-electron chi connectivity index (χ0n) is 19.1. The SMILES string of the molecule is CCCCCCCC(=O)OC(CCC)C(CCC)OC(=O)CCCCCCC. The average Bonchev–Trinajstić information content (AvgIpc) is 2.67. The number of carbonyl (C=O) groups is 2. The third kappa shape index (κ3) is 14.9. The van der Waals surface area contributed by atoms with E-state index in [0.717, 1.165) is 51.4 Å². The summed E-state index contributed by atoms with van der Waals surface area (Å²) in [5, 5.41) is 0. The molecule has 0 saturated carbocycles. The largest absolute Gasteiger partial charge is 0.458 e. The van der Waals surface area contributed by atoms with Gasteiger partial charge >= 0.3 is 11.9 Å². The van der Waals surface area contributed by atoms with Crippen molar-refractivity contribution in [3.8, 4) is 0 Å². The summed E-state index contributed by atoms with van der Waals surface area (Å²) >= 11 is 0. The molecule has 0 aliphatic carbocycles. The van der Waals surface area contributed by atoms with E-state index in [0.29, 0.717) is 12.8 Å². The molecule has 0 aromatic rings. The van der Waals surface area contributed by atoms with Gasteiger partial charge in [0.25, 0.3) is 0 Å². The molecule has 0 bridgehead atoms. The van der Waals surface area contributed by atoms with Gasteiger partial charge in [0.2, 0.25) is 0 Å². The fraction of sp³-hybridized carbons (Fsp3) is 0.917. The van der Waals surface area contributed by atoms with Crippen molar-refractivity contribution in [1.29, 1.82) is 0 Å². The molecule has 4 heteroatoms. The molecule has 0 aliphatic heterocycles. The second kappa shape index (κ2) is 19.3. The summed E-state index contributed by atoms with van der Waals surface area (Å²) in [5.41, 5.74) is 0. The zero-order valence-corrected chi connectivity index (χ0v) is 19.1. The van der Waals surface area contributed by atoms with E-state index in [9.17, 15) is 9.59 Å². The molecule has 4 nitrogen and oxygen atoms in total. The smallest absolute Gasteiger partial charge is 0.306 e. The van der Waals surface area contributed by atoms with Crippen molar-refractivity contribution in [2.75, 3.05) is 0 Å². The minimum atomic E-state index is -0.308. The molecule has 0 aromatic heterocycles. The van der Waals surface area contributed by atoms with Gasteiger partial charge in [0, 0.05) is 12.8 Å². The molecule has 0 N–H and O–H groups in total. The number of ether oxygens (including phenoxy) is 2. The Kier molecular flexibility index (Phi) is 18.5. The van der Waals surface area contributed by atoms with Crippen LogP contribution in [0.25, 0.3) is 0 Å². The standard InChI is InChI=1S/C24H46O4/c1-5-9-11-13-15-19-23(25)27-21(17-7-3)22(18-8-4)28-24(26)20-16-14-12-10-6-2/h21-22H,5-20H2,1-4H3. The van der Waals surface area contributed by atoms with Gasteiger partial charge in [-0.3, -0.25) is 9.59 Å². The Morgan fingerprint density at radius 2 is 0.893 bits per heavy atom. The van der Waals surface area contributed by atoms with Crippen molar-refractivity contribution < 1.29 is 19.1 Å². The van der Waals surface area contributed by atoms with E-state index in [1.807, 2.05) is 0 Å². The fourth-order valence-electron chi connectivity index (χ4n) is 3.41. The van der Waals surface area contributed by atoms with Crippen LogP contribution < -0.4 is 0 Å². The number of rotatable bonds is 19. The van der Waals surface area contributed by atoms with Crippen molar-refractivity contribution in [2.24, 2.45) is 0 Å². The molecule has 0 rings (SSSR count). The van der Waals surface area contributed by atoms with Crippen molar-refractivity contribution in [3.63, 3.8) is 0 Å². The summed E-state index contributed by atoms with van der Waals surface area (Å²) in [6.45, 7) is 8.52. The van der Waals surface area contributed by atoms with E-state index >= 15 is 0 Å². The van der Waals surface area contributed by atoms with E-state index in [2.05, 4.69) is 27.7 Å². The van der Waals surface area contributed by atoms with E-state index in [4.69, 9.17) is 9.47 Å². The Hall–Kier alpha value is -1.06. The maximum absolute atomic E-state index is 12.3. The minimum Gasteiger partial charge on any atom is -0.458 e. The second-order valence-electron chi connectivity index (χ2n) is 7.96. The molecular weight excluding hydrogens is 352 g/mol. The lowest BCUT2D eigenvalue weighted by molar-refractivity contribution is -0.169. The summed E-state index contributed by atoms with van der Waals surface area (Å²) in [7, 11) is 0. The predicted molar refractivity (Wildman–Crippen MR) is 116 cm³/mol. The van der Waals surface area contributed by atoms with Gasteiger partial charge < -0.3 is 9.47 Å². The molecule has 0 radical (unpaired) electrons. The first-order valence-corrected chi connectivity index (χ1v) is 12.0. The normalized spacial score (nSPS) is 13.1. The van der Waals surface area contributed by atoms with Gasteiger partial charge in [0.05, 0.1) is 0 Å². The van der Waals surface area contributed by atoms with Gasteiger partial charge in [-0.15, -0.1) is 0 Å². The van der Waals surface area contributed by atoms with E-state index in [1.165, 1.54) is 38.5 Å². The Labute approximate surface area is 174 Å². The molecule has 0 heterocycles. The molecule has 28 heavy (non-hydrogen) atoms. The monoisotopic (exact) mass is 398 g/mol. The highest BCUT2D eigenvalue weighted by Gasteiger charge is 2.27. The molecule has 0 saturated heterocycles. The molecule has 0 spiro atoms. The predicted octanol–water partition coefficient (Wildman–Crippen LogP) is 7.13. The van der Waals surface area contributed by atoms with Crippen LogP contribution in [0, 0.1) is 0 Å². The first-order valence-electron chi connectivity index (χ1n) is 12.0. The molecule has 0 fully saturated rings. The first kappa shape index (κ1) is 26.9. The van der Waals surface area contributed by atoms with Gasteiger partial charge in [-0.1, -0.05) is 91.9 Å². The second-order valence-corrected chi connectivity index (χ2v) is 7.96. The molecule has 0 aromatic carbocycles. The molecule has 0 aliphatic rings. The number of esters is 2. The minimum absolute atomic E-state index is 0.147. The van der Waals surface area contributed by atoms with Crippen LogP contribution in [0.1, 0.15) is 130 Å². The molecular formula is C24H46O4. The van der Waals surface area contributed by atoms with Crippen LogP contribution in [0.2, 0.25) is 0 Å². The van der Waals surface area contributed by atoms with Crippen LogP contribution >= 0.6 is 0 Å². The van der Waals surface area contributed by atoms with Crippen LogP contribution in [-0.2, 0) is 19.1 Å². The number of carbonyl (C=O) groups excluding carboxylic acids is 2. The Bertz CT molecular complexity index is 345. The van der Waals surface area contributed by atoms with E-state index in [1.54, 1.807) is 0 Å². The summed E-state index contributed by atoms with van der Waals surface area (Å²) in [5.74, 6) is -0.293. The van der Waals surface area contributed by atoms with Crippen molar-refractivity contribution in [1.82, 2.24) is 0 Å². The number of hydrogen-bond acceptors (Lipinski definition) is 4. The van der Waals surface area contributed by atoms with Gasteiger partial charge in [-0.05, 0) is 25.7 Å². The highest BCUT2D eigenvalue weighted by molar-refractivity contribution is 5.70. The maximum Gasteiger partial charge on any atom is 0.306 e. The summed E-state index contributed by atoms with van der Waals surface area (Å²) in [4.78, 5) is 24.5. The third-order valence-electron chi connectivity index (χ3n) is 5.10. The quantitative estimate of drug-likeness (QED) is 0.171. The van der Waals surface area contributed by atoms with Gasteiger partial charge in [0.15, 0.2) is 0 Å². The molecule has 166 valence electrons. The third-order valence-corrected chi connectivity index (χ3v) is 5.10.